The molecule has 0 amide bonds. The SMILES string of the molecule is CC(C)(C)OC(=O)n1cnc(/C=C2\CN(C(c3ccccc3)(c3ccccc3)c3ccccc3)CCC2O)n1. The van der Waals surface area contributed by atoms with Crippen LogP contribution in [0, 0.1) is 0 Å². The number of aliphatic hydroxyl groups is 1. The predicted molar refractivity (Wildman–Crippen MR) is 151 cm³/mol. The molecule has 3 aromatic carbocycles. The number of carbonyl (C=O) groups excluding carboxylic acids is 1. The minimum absolute atomic E-state index is 0.349. The van der Waals surface area contributed by atoms with E-state index in [0.29, 0.717) is 25.3 Å². The fourth-order valence-corrected chi connectivity index (χ4v) is 5.29. The molecule has 7 heteroatoms. The summed E-state index contributed by atoms with van der Waals surface area (Å²) in [6.45, 7) is 6.57. The van der Waals surface area contributed by atoms with Gasteiger partial charge in [-0.1, -0.05) is 91.0 Å². The van der Waals surface area contributed by atoms with Crippen LogP contribution in [0.3, 0.4) is 0 Å². The van der Waals surface area contributed by atoms with Crippen molar-refractivity contribution in [1.29, 1.82) is 0 Å². The molecule has 39 heavy (non-hydrogen) atoms. The van der Waals surface area contributed by atoms with Crippen molar-refractivity contribution in [2.24, 2.45) is 0 Å². The van der Waals surface area contributed by atoms with Gasteiger partial charge in [-0.2, -0.15) is 4.68 Å². The van der Waals surface area contributed by atoms with Crippen LogP contribution in [0.4, 0.5) is 4.79 Å². The van der Waals surface area contributed by atoms with Gasteiger partial charge in [0.05, 0.1) is 11.6 Å². The Bertz CT molecular complexity index is 1330. The Morgan fingerprint density at radius 3 is 1.90 bits per heavy atom. The summed E-state index contributed by atoms with van der Waals surface area (Å²) >= 11 is 0. The molecule has 0 saturated carbocycles. The molecule has 0 aliphatic carbocycles. The lowest BCUT2D eigenvalue weighted by molar-refractivity contribution is 0.0514. The zero-order valence-electron chi connectivity index (χ0n) is 22.6. The standard InChI is InChI=1S/C32H34N4O3/c1-31(2,3)39-30(38)36-23-33-29(34-36)21-24-22-35(20-19-28(24)37)32(25-13-7-4-8-14-25,26-15-9-5-10-16-26)27-17-11-6-12-18-27/h4-18,21,23,28,37H,19-20,22H2,1-3H3/b24-21+. The third-order valence-electron chi connectivity index (χ3n) is 6.93. The third kappa shape index (κ3) is 5.55. The minimum atomic E-state index is -0.644. The van der Waals surface area contributed by atoms with Gasteiger partial charge in [-0.3, -0.25) is 4.90 Å². The van der Waals surface area contributed by atoms with E-state index in [-0.39, 0.29) is 0 Å². The van der Waals surface area contributed by atoms with Crippen molar-refractivity contribution < 1.29 is 14.6 Å². The van der Waals surface area contributed by atoms with Crippen LogP contribution in [0.1, 0.15) is 49.7 Å². The van der Waals surface area contributed by atoms with Crippen molar-refractivity contribution in [2.75, 3.05) is 13.1 Å². The van der Waals surface area contributed by atoms with Gasteiger partial charge in [0.2, 0.25) is 0 Å². The topological polar surface area (TPSA) is 80.5 Å². The minimum Gasteiger partial charge on any atom is -0.442 e. The molecule has 1 atom stereocenters. The lowest BCUT2D eigenvalue weighted by Gasteiger charge is -2.48. The fourth-order valence-electron chi connectivity index (χ4n) is 5.29. The van der Waals surface area contributed by atoms with Gasteiger partial charge in [-0.15, -0.1) is 5.10 Å². The van der Waals surface area contributed by atoms with Gasteiger partial charge < -0.3 is 9.84 Å². The maximum atomic E-state index is 12.4. The molecule has 0 radical (unpaired) electrons. The summed E-state index contributed by atoms with van der Waals surface area (Å²) < 4.78 is 6.49. The molecule has 4 aromatic rings. The first-order valence-corrected chi connectivity index (χ1v) is 13.2. The number of nitrogens with zero attached hydrogens (tertiary/aromatic N) is 4. The maximum Gasteiger partial charge on any atom is 0.436 e. The Kier molecular flexibility index (Phi) is 7.46. The Morgan fingerprint density at radius 2 is 1.41 bits per heavy atom. The quantitative estimate of drug-likeness (QED) is 0.349. The molecule has 1 aliphatic rings. The van der Waals surface area contributed by atoms with E-state index in [2.05, 4.69) is 87.8 Å². The molecule has 5 rings (SSSR count). The summed E-state index contributed by atoms with van der Waals surface area (Å²) in [5, 5.41) is 15.4. The largest absolute Gasteiger partial charge is 0.442 e. The molecule has 7 nitrogen and oxygen atoms in total. The van der Waals surface area contributed by atoms with Crippen LogP contribution in [0.25, 0.3) is 6.08 Å². The second-order valence-electron chi connectivity index (χ2n) is 10.8. The van der Waals surface area contributed by atoms with Crippen molar-refractivity contribution in [3.63, 3.8) is 0 Å². The molecule has 2 heterocycles. The number of aliphatic hydroxyl groups excluding tert-OH is 1. The number of ether oxygens (including phenoxy) is 1. The highest BCUT2D eigenvalue weighted by molar-refractivity contribution is 5.69. The molecular formula is C32H34N4O3. The molecule has 1 unspecified atom stereocenters. The summed E-state index contributed by atoms with van der Waals surface area (Å²) in [6, 6.07) is 31.5. The summed E-state index contributed by atoms with van der Waals surface area (Å²) in [7, 11) is 0. The Labute approximate surface area is 229 Å². The van der Waals surface area contributed by atoms with Crippen LogP contribution in [-0.4, -0.2) is 55.7 Å². The van der Waals surface area contributed by atoms with Crippen LogP contribution in [-0.2, 0) is 10.3 Å². The van der Waals surface area contributed by atoms with Gasteiger partial charge in [0.15, 0.2) is 5.82 Å². The molecular weight excluding hydrogens is 488 g/mol. The second-order valence-corrected chi connectivity index (χ2v) is 10.8. The van der Waals surface area contributed by atoms with Crippen LogP contribution < -0.4 is 0 Å². The van der Waals surface area contributed by atoms with Gasteiger partial charge in [0.25, 0.3) is 0 Å². The zero-order chi connectivity index (χ0) is 27.5. The highest BCUT2D eigenvalue weighted by Gasteiger charge is 2.44. The van der Waals surface area contributed by atoms with E-state index in [1.54, 1.807) is 26.8 Å². The van der Waals surface area contributed by atoms with Crippen molar-refractivity contribution in [2.45, 2.75) is 44.4 Å². The summed E-state index contributed by atoms with van der Waals surface area (Å²) in [6.07, 6.45) is 2.43. The number of hydrogen-bond acceptors (Lipinski definition) is 6. The van der Waals surface area contributed by atoms with Gasteiger partial charge in [-0.25, -0.2) is 9.78 Å². The van der Waals surface area contributed by atoms with Crippen LogP contribution in [0.5, 0.6) is 0 Å². The first-order valence-electron chi connectivity index (χ1n) is 13.2. The first-order chi connectivity index (χ1) is 18.8. The van der Waals surface area contributed by atoms with Crippen LogP contribution in [0.2, 0.25) is 0 Å². The Hall–Kier alpha value is -4.07. The summed E-state index contributed by atoms with van der Waals surface area (Å²) in [5.74, 6) is 0.349. The van der Waals surface area contributed by atoms with Gasteiger partial charge >= 0.3 is 6.09 Å². The smallest absolute Gasteiger partial charge is 0.436 e. The number of benzene rings is 3. The maximum absolute atomic E-state index is 12.4. The zero-order valence-corrected chi connectivity index (χ0v) is 22.6. The Morgan fingerprint density at radius 1 is 0.897 bits per heavy atom. The predicted octanol–water partition coefficient (Wildman–Crippen LogP) is 5.50. The molecule has 0 bridgehead atoms. The molecule has 1 aliphatic heterocycles. The monoisotopic (exact) mass is 522 g/mol. The number of aromatic nitrogens is 3. The van der Waals surface area contributed by atoms with Crippen molar-refractivity contribution in [3.05, 3.63) is 125 Å². The van der Waals surface area contributed by atoms with Crippen LogP contribution >= 0.6 is 0 Å². The lowest BCUT2D eigenvalue weighted by Crippen LogP contribution is -2.52. The van der Waals surface area contributed by atoms with E-state index < -0.39 is 23.3 Å². The summed E-state index contributed by atoms with van der Waals surface area (Å²) in [4.78, 5) is 19.2. The average Bonchev–Trinajstić information content (AvgIpc) is 3.41. The van der Waals surface area contributed by atoms with E-state index in [1.165, 1.54) is 6.33 Å². The second kappa shape index (κ2) is 11.0. The van der Waals surface area contributed by atoms with Crippen LogP contribution in [0.15, 0.2) is 103 Å². The van der Waals surface area contributed by atoms with Gasteiger partial charge in [0.1, 0.15) is 11.9 Å². The van der Waals surface area contributed by atoms with Gasteiger partial charge in [-0.05, 0) is 55.5 Å². The normalized spacial score (nSPS) is 17.7. The van der Waals surface area contributed by atoms with E-state index in [4.69, 9.17) is 4.74 Å². The van der Waals surface area contributed by atoms with E-state index in [1.807, 2.05) is 18.2 Å². The molecule has 1 saturated heterocycles. The fraction of sp³-hybridized carbons (Fsp3) is 0.281. The number of piperidine rings is 1. The Balaban J connectivity index is 1.57. The average molecular weight is 523 g/mol. The van der Waals surface area contributed by atoms with Crippen molar-refractivity contribution in [3.8, 4) is 0 Å². The molecule has 1 fully saturated rings. The van der Waals surface area contributed by atoms with Crippen molar-refractivity contribution in [1.82, 2.24) is 19.7 Å². The number of rotatable bonds is 5. The third-order valence-corrected chi connectivity index (χ3v) is 6.93. The number of likely N-dealkylation sites (tertiary alicyclic amines) is 1. The lowest BCUT2D eigenvalue weighted by atomic mass is 9.74. The highest BCUT2D eigenvalue weighted by atomic mass is 16.6. The van der Waals surface area contributed by atoms with E-state index in [9.17, 15) is 9.90 Å². The number of carbonyl (C=O) groups is 1. The highest BCUT2D eigenvalue weighted by Crippen LogP contribution is 2.44. The molecule has 0 spiro atoms. The van der Waals surface area contributed by atoms with Gasteiger partial charge in [0, 0.05) is 13.1 Å². The molecule has 1 aromatic heterocycles. The molecule has 200 valence electrons. The van der Waals surface area contributed by atoms with Crippen molar-refractivity contribution >= 4 is 12.2 Å². The van der Waals surface area contributed by atoms with E-state index >= 15 is 0 Å². The summed E-state index contributed by atoms with van der Waals surface area (Å²) in [5.41, 5.74) is 2.99. The van der Waals surface area contributed by atoms with E-state index in [0.717, 1.165) is 26.9 Å². The number of hydrogen-bond donors (Lipinski definition) is 1. The molecule has 1 N–H and O–H groups in total. The first kappa shape index (κ1) is 26.5.